The van der Waals surface area contributed by atoms with Gasteiger partial charge in [0.2, 0.25) is 0 Å². The first-order valence-corrected chi connectivity index (χ1v) is 8.85. The van der Waals surface area contributed by atoms with Crippen LogP contribution in [0.25, 0.3) is 5.69 Å². The van der Waals surface area contributed by atoms with E-state index in [0.29, 0.717) is 11.4 Å². The van der Waals surface area contributed by atoms with Crippen molar-refractivity contribution in [3.8, 4) is 5.69 Å². The summed E-state index contributed by atoms with van der Waals surface area (Å²) < 4.78 is 1.66. The van der Waals surface area contributed by atoms with Gasteiger partial charge in [-0.15, -0.1) is 10.2 Å². The van der Waals surface area contributed by atoms with Gasteiger partial charge in [-0.25, -0.2) is 0 Å². The first-order valence-electron chi connectivity index (χ1n) is 8.85. The topological polar surface area (TPSA) is 80.3 Å². The van der Waals surface area contributed by atoms with E-state index in [2.05, 4.69) is 32.1 Å². The zero-order valence-corrected chi connectivity index (χ0v) is 14.8. The van der Waals surface area contributed by atoms with E-state index in [-0.39, 0.29) is 10.6 Å². The molecule has 0 radical (unpaired) electrons. The van der Waals surface area contributed by atoms with Gasteiger partial charge in [0.05, 0.1) is 10.6 Å². The summed E-state index contributed by atoms with van der Waals surface area (Å²) in [6.07, 6.45) is 3.06. The van der Waals surface area contributed by atoms with Crippen LogP contribution in [0, 0.1) is 10.1 Å². The fourth-order valence-corrected chi connectivity index (χ4v) is 3.41. The molecule has 3 aromatic rings. The lowest BCUT2D eigenvalue weighted by atomic mass is 10.1. The molecule has 8 heteroatoms. The molecule has 0 saturated carbocycles. The normalized spacial score (nSPS) is 15.0. The number of nitrogens with zero attached hydrogens (tertiary/aromatic N) is 6. The van der Waals surface area contributed by atoms with Gasteiger partial charge in [0, 0.05) is 38.8 Å². The largest absolute Gasteiger partial charge is 0.363 e. The highest BCUT2D eigenvalue weighted by molar-refractivity contribution is 5.67. The number of rotatable bonds is 5. The highest BCUT2D eigenvalue weighted by Gasteiger charge is 2.24. The van der Waals surface area contributed by atoms with Crippen LogP contribution in [0.5, 0.6) is 0 Å². The number of piperazine rings is 1. The predicted molar refractivity (Wildman–Crippen MR) is 102 cm³/mol. The Kier molecular flexibility index (Phi) is 4.80. The molecular formula is C19H20N6O2. The number of aromatic nitrogens is 3. The van der Waals surface area contributed by atoms with Gasteiger partial charge >= 0.3 is 0 Å². The van der Waals surface area contributed by atoms with Crippen molar-refractivity contribution < 1.29 is 4.92 Å². The fraction of sp³-hybridized carbons (Fsp3) is 0.263. The Bertz CT molecular complexity index is 905. The Hall–Kier alpha value is -3.26. The number of benzene rings is 2. The highest BCUT2D eigenvalue weighted by Crippen LogP contribution is 2.31. The molecule has 1 aromatic heterocycles. The van der Waals surface area contributed by atoms with E-state index in [0.717, 1.165) is 32.7 Å². The van der Waals surface area contributed by atoms with Gasteiger partial charge in [-0.1, -0.05) is 30.3 Å². The van der Waals surface area contributed by atoms with Crippen molar-refractivity contribution in [2.45, 2.75) is 6.54 Å². The summed E-state index contributed by atoms with van der Waals surface area (Å²) in [5, 5.41) is 19.1. The lowest BCUT2D eigenvalue weighted by molar-refractivity contribution is -0.384. The molecule has 0 spiro atoms. The van der Waals surface area contributed by atoms with Gasteiger partial charge in [-0.05, 0) is 17.7 Å². The maximum Gasteiger partial charge on any atom is 0.294 e. The monoisotopic (exact) mass is 364 g/mol. The standard InChI is InChI=1S/C19H20N6O2/c26-25(27)19-12-17(24-14-20-21-15-24)6-7-18(19)23-10-8-22(9-11-23)13-16-4-2-1-3-5-16/h1-7,12,14-15H,8-11,13H2. The van der Waals surface area contributed by atoms with Crippen molar-refractivity contribution in [3.05, 3.63) is 76.9 Å². The molecule has 0 atom stereocenters. The molecule has 1 aliphatic rings. The third kappa shape index (κ3) is 3.80. The molecule has 4 rings (SSSR count). The average Bonchev–Trinajstić information content (AvgIpc) is 3.24. The van der Waals surface area contributed by atoms with Crippen molar-refractivity contribution >= 4 is 11.4 Å². The number of anilines is 1. The molecule has 1 saturated heterocycles. The summed E-state index contributed by atoms with van der Waals surface area (Å²) in [6.45, 7) is 4.18. The van der Waals surface area contributed by atoms with Crippen molar-refractivity contribution in [1.82, 2.24) is 19.7 Å². The Morgan fingerprint density at radius 3 is 2.33 bits per heavy atom. The minimum atomic E-state index is -0.320. The molecule has 138 valence electrons. The second-order valence-electron chi connectivity index (χ2n) is 6.55. The summed E-state index contributed by atoms with van der Waals surface area (Å²) in [6, 6.07) is 15.6. The summed E-state index contributed by atoms with van der Waals surface area (Å²) in [5.74, 6) is 0. The molecule has 2 aromatic carbocycles. The van der Waals surface area contributed by atoms with Gasteiger partial charge in [-0.2, -0.15) is 0 Å². The van der Waals surface area contributed by atoms with E-state index >= 15 is 0 Å². The molecule has 0 aliphatic carbocycles. The Morgan fingerprint density at radius 2 is 1.67 bits per heavy atom. The third-order valence-corrected chi connectivity index (χ3v) is 4.83. The lowest BCUT2D eigenvalue weighted by Crippen LogP contribution is -2.46. The SMILES string of the molecule is O=[N+]([O-])c1cc(-n2cnnc2)ccc1N1CCN(Cc2ccccc2)CC1. The van der Waals surface area contributed by atoms with E-state index in [1.165, 1.54) is 18.2 Å². The number of nitro benzene ring substituents is 1. The molecule has 2 heterocycles. The van der Waals surface area contributed by atoms with Gasteiger partial charge in [-0.3, -0.25) is 19.6 Å². The summed E-state index contributed by atoms with van der Waals surface area (Å²) in [4.78, 5) is 15.8. The molecule has 8 nitrogen and oxygen atoms in total. The molecule has 0 amide bonds. The molecular weight excluding hydrogens is 344 g/mol. The highest BCUT2D eigenvalue weighted by atomic mass is 16.6. The van der Waals surface area contributed by atoms with Crippen molar-refractivity contribution in [2.75, 3.05) is 31.1 Å². The van der Waals surface area contributed by atoms with Gasteiger partial charge < -0.3 is 4.90 Å². The van der Waals surface area contributed by atoms with Crippen LogP contribution in [0.15, 0.2) is 61.2 Å². The first kappa shape index (κ1) is 17.2. The van der Waals surface area contributed by atoms with Gasteiger partial charge in [0.1, 0.15) is 18.3 Å². The summed E-state index contributed by atoms with van der Waals surface area (Å²) >= 11 is 0. The van der Waals surface area contributed by atoms with E-state index in [9.17, 15) is 10.1 Å². The lowest BCUT2D eigenvalue weighted by Gasteiger charge is -2.35. The van der Waals surface area contributed by atoms with Crippen molar-refractivity contribution in [1.29, 1.82) is 0 Å². The van der Waals surface area contributed by atoms with E-state index < -0.39 is 0 Å². The third-order valence-electron chi connectivity index (χ3n) is 4.83. The zero-order valence-electron chi connectivity index (χ0n) is 14.8. The number of hydrogen-bond donors (Lipinski definition) is 0. The minimum Gasteiger partial charge on any atom is -0.363 e. The first-order chi connectivity index (χ1) is 13.2. The number of nitro groups is 1. The van der Waals surface area contributed by atoms with Crippen LogP contribution < -0.4 is 4.90 Å². The predicted octanol–water partition coefficient (Wildman–Crippen LogP) is 2.50. The number of hydrogen-bond acceptors (Lipinski definition) is 6. The van der Waals surface area contributed by atoms with Gasteiger partial charge in [0.25, 0.3) is 5.69 Å². The Labute approximate surface area is 156 Å². The van der Waals surface area contributed by atoms with Crippen LogP contribution in [-0.2, 0) is 6.54 Å². The maximum absolute atomic E-state index is 11.6. The Morgan fingerprint density at radius 1 is 0.963 bits per heavy atom. The maximum atomic E-state index is 11.6. The van der Waals surface area contributed by atoms with Crippen LogP contribution in [0.1, 0.15) is 5.56 Å². The van der Waals surface area contributed by atoms with Gasteiger partial charge in [0.15, 0.2) is 0 Å². The second kappa shape index (κ2) is 7.55. The minimum absolute atomic E-state index is 0.109. The second-order valence-corrected chi connectivity index (χ2v) is 6.55. The van der Waals surface area contributed by atoms with E-state index in [4.69, 9.17) is 0 Å². The van der Waals surface area contributed by atoms with Crippen LogP contribution in [0.4, 0.5) is 11.4 Å². The summed E-state index contributed by atoms with van der Waals surface area (Å²) in [7, 11) is 0. The summed E-state index contributed by atoms with van der Waals surface area (Å²) in [5.41, 5.74) is 2.74. The van der Waals surface area contributed by atoms with Crippen LogP contribution in [-0.4, -0.2) is 50.8 Å². The average molecular weight is 364 g/mol. The van der Waals surface area contributed by atoms with Crippen LogP contribution in [0.2, 0.25) is 0 Å². The van der Waals surface area contributed by atoms with Crippen molar-refractivity contribution in [3.63, 3.8) is 0 Å². The van der Waals surface area contributed by atoms with Crippen molar-refractivity contribution in [2.24, 2.45) is 0 Å². The quantitative estimate of drug-likeness (QED) is 0.511. The fourth-order valence-electron chi connectivity index (χ4n) is 3.41. The zero-order chi connectivity index (χ0) is 18.6. The molecule has 1 fully saturated rings. The van der Waals surface area contributed by atoms with E-state index in [1.807, 2.05) is 30.3 Å². The molecule has 0 unspecified atom stereocenters. The molecule has 1 aliphatic heterocycles. The molecule has 0 bridgehead atoms. The van der Waals surface area contributed by atoms with Crippen LogP contribution in [0.3, 0.4) is 0 Å². The smallest absolute Gasteiger partial charge is 0.294 e. The van der Waals surface area contributed by atoms with Crippen LogP contribution >= 0.6 is 0 Å². The molecule has 27 heavy (non-hydrogen) atoms. The van der Waals surface area contributed by atoms with E-state index in [1.54, 1.807) is 10.6 Å². The Balaban J connectivity index is 1.48. The molecule has 0 N–H and O–H groups in total.